The summed E-state index contributed by atoms with van der Waals surface area (Å²) in [5, 5.41) is 7.04. The number of nitrogens with one attached hydrogen (secondary N) is 2. The van der Waals surface area contributed by atoms with Gasteiger partial charge in [0.25, 0.3) is 0 Å². The molecule has 3 aromatic rings. The van der Waals surface area contributed by atoms with Gasteiger partial charge < -0.3 is 21.6 Å². The van der Waals surface area contributed by atoms with Gasteiger partial charge >= 0.3 is 0 Å². The van der Waals surface area contributed by atoms with Gasteiger partial charge in [-0.15, -0.1) is 0 Å². The zero-order valence-corrected chi connectivity index (χ0v) is 15.6. The molecular formula is C22H23N5O. The van der Waals surface area contributed by atoms with Crippen LogP contribution in [0.2, 0.25) is 0 Å². The molecule has 0 spiro atoms. The Balaban J connectivity index is 0.000000237. The highest BCUT2D eigenvalue weighted by Gasteiger charge is 1.93. The molecule has 142 valence electrons. The summed E-state index contributed by atoms with van der Waals surface area (Å²) in [6.07, 6.45) is 0. The van der Waals surface area contributed by atoms with Gasteiger partial charge in [-0.3, -0.25) is 11.3 Å². The molecule has 8 N–H and O–H groups in total. The van der Waals surface area contributed by atoms with Crippen molar-refractivity contribution in [2.45, 2.75) is 0 Å². The molecule has 6 nitrogen and oxygen atoms in total. The quantitative estimate of drug-likeness (QED) is 0.121. The fourth-order valence-electron chi connectivity index (χ4n) is 2.17. The molecule has 0 heterocycles. The number of methoxy groups -OCH3 is 1. The number of hydrogen-bond acceptors (Lipinski definition) is 5. The van der Waals surface area contributed by atoms with Crippen molar-refractivity contribution in [2.75, 3.05) is 18.3 Å². The minimum absolute atomic E-state index is 0.0694. The van der Waals surface area contributed by atoms with Gasteiger partial charge in [-0.2, -0.15) is 0 Å². The van der Waals surface area contributed by atoms with Crippen LogP contribution >= 0.6 is 0 Å². The van der Waals surface area contributed by atoms with E-state index in [1.165, 1.54) is 0 Å². The van der Waals surface area contributed by atoms with E-state index in [0.717, 1.165) is 22.6 Å². The topological polar surface area (TPSA) is 123 Å². The SMILES string of the molecule is COc1ccc(C#Cc2cccc(NN)c2)cc1.N=C(N)c1ccc(N)cc1. The lowest BCUT2D eigenvalue weighted by Gasteiger charge is -1.99. The maximum absolute atomic E-state index is 7.04. The monoisotopic (exact) mass is 373 g/mol. The van der Waals surface area contributed by atoms with Crippen LogP contribution in [0.4, 0.5) is 11.4 Å². The first-order valence-corrected chi connectivity index (χ1v) is 8.44. The van der Waals surface area contributed by atoms with Crippen LogP contribution in [0.3, 0.4) is 0 Å². The van der Waals surface area contributed by atoms with Gasteiger partial charge in [-0.05, 0) is 66.7 Å². The molecule has 0 bridgehead atoms. The average Bonchev–Trinajstić information content (AvgIpc) is 2.73. The van der Waals surface area contributed by atoms with Crippen LogP contribution < -0.4 is 27.5 Å². The summed E-state index contributed by atoms with van der Waals surface area (Å²) in [7, 11) is 1.64. The number of benzene rings is 3. The van der Waals surface area contributed by atoms with Crippen molar-refractivity contribution in [3.8, 4) is 17.6 Å². The second kappa shape index (κ2) is 10.3. The van der Waals surface area contributed by atoms with Crippen LogP contribution in [0, 0.1) is 17.3 Å². The lowest BCUT2D eigenvalue weighted by molar-refractivity contribution is 0.415. The Hall–Kier alpha value is -3.95. The van der Waals surface area contributed by atoms with Crippen molar-refractivity contribution in [1.29, 1.82) is 5.41 Å². The second-order valence-corrected chi connectivity index (χ2v) is 5.74. The molecule has 28 heavy (non-hydrogen) atoms. The van der Waals surface area contributed by atoms with Gasteiger partial charge in [0.15, 0.2) is 0 Å². The predicted octanol–water partition coefficient (Wildman–Crippen LogP) is 2.93. The molecule has 0 aliphatic carbocycles. The lowest BCUT2D eigenvalue weighted by atomic mass is 10.1. The van der Waals surface area contributed by atoms with E-state index in [-0.39, 0.29) is 5.84 Å². The molecule has 0 saturated heterocycles. The molecular weight excluding hydrogens is 350 g/mol. The summed E-state index contributed by atoms with van der Waals surface area (Å²) in [5.41, 5.74) is 17.3. The number of hydrazine groups is 1. The number of ether oxygens (including phenoxy) is 1. The standard InChI is InChI=1S/C15H14N2O.C7H9N3/c1-18-15-9-7-12(8-10-15)5-6-13-3-2-4-14(11-13)17-16;8-6-3-1-5(2-4-6)7(9)10/h2-4,7-11,17H,16H2,1H3;1-4H,8H2,(H3,9,10). The number of nitrogen functional groups attached to an aromatic ring is 3. The van der Waals surface area contributed by atoms with Gasteiger partial charge in [0.2, 0.25) is 0 Å². The number of anilines is 2. The van der Waals surface area contributed by atoms with Gasteiger partial charge in [-0.25, -0.2) is 0 Å². The molecule has 0 amide bonds. The maximum atomic E-state index is 7.04. The van der Waals surface area contributed by atoms with Crippen LogP contribution in [-0.2, 0) is 0 Å². The van der Waals surface area contributed by atoms with Crippen molar-refractivity contribution in [2.24, 2.45) is 11.6 Å². The second-order valence-electron chi connectivity index (χ2n) is 5.74. The van der Waals surface area contributed by atoms with Gasteiger partial charge in [-0.1, -0.05) is 17.9 Å². The molecule has 0 saturated carbocycles. The highest BCUT2D eigenvalue weighted by atomic mass is 16.5. The molecule has 3 aromatic carbocycles. The lowest BCUT2D eigenvalue weighted by Crippen LogP contribution is -2.10. The maximum Gasteiger partial charge on any atom is 0.122 e. The van der Waals surface area contributed by atoms with Crippen LogP contribution in [-0.4, -0.2) is 12.9 Å². The van der Waals surface area contributed by atoms with Crippen LogP contribution in [0.1, 0.15) is 16.7 Å². The first-order valence-electron chi connectivity index (χ1n) is 8.44. The van der Waals surface area contributed by atoms with Crippen molar-refractivity contribution >= 4 is 17.2 Å². The predicted molar refractivity (Wildman–Crippen MR) is 115 cm³/mol. The zero-order chi connectivity index (χ0) is 20.4. The molecule has 0 aliphatic heterocycles. The Bertz CT molecular complexity index is 970. The van der Waals surface area contributed by atoms with Crippen LogP contribution in [0.5, 0.6) is 5.75 Å². The highest BCUT2D eigenvalue weighted by molar-refractivity contribution is 5.95. The Morgan fingerprint density at radius 2 is 1.57 bits per heavy atom. The van der Waals surface area contributed by atoms with Crippen molar-refractivity contribution < 1.29 is 4.74 Å². The molecule has 6 heteroatoms. The molecule has 0 aliphatic rings. The van der Waals surface area contributed by atoms with E-state index >= 15 is 0 Å². The Labute approximate surface area is 164 Å². The van der Waals surface area contributed by atoms with Gasteiger partial charge in [0, 0.05) is 28.1 Å². The Morgan fingerprint density at radius 1 is 0.929 bits per heavy atom. The fourth-order valence-corrected chi connectivity index (χ4v) is 2.17. The minimum Gasteiger partial charge on any atom is -0.497 e. The third kappa shape index (κ3) is 6.41. The number of hydrogen-bond donors (Lipinski definition) is 5. The summed E-state index contributed by atoms with van der Waals surface area (Å²) in [4.78, 5) is 0. The molecule has 0 radical (unpaired) electrons. The smallest absolute Gasteiger partial charge is 0.122 e. The Kier molecular flexibility index (Phi) is 7.46. The molecule has 0 atom stereocenters. The molecule has 0 unspecified atom stereocenters. The normalized spacial score (nSPS) is 9.21. The summed E-state index contributed by atoms with van der Waals surface area (Å²) in [6, 6.07) is 22.2. The van der Waals surface area contributed by atoms with Gasteiger partial charge in [0.05, 0.1) is 7.11 Å². The first-order chi connectivity index (χ1) is 13.5. The van der Waals surface area contributed by atoms with Crippen LogP contribution in [0.25, 0.3) is 0 Å². The van der Waals surface area contributed by atoms with Crippen molar-refractivity contribution in [1.82, 2.24) is 0 Å². The van der Waals surface area contributed by atoms with Crippen molar-refractivity contribution in [3.63, 3.8) is 0 Å². The first kappa shape index (κ1) is 20.4. The van der Waals surface area contributed by atoms with E-state index in [0.29, 0.717) is 11.3 Å². The third-order valence-corrected chi connectivity index (χ3v) is 3.69. The number of rotatable bonds is 3. The van der Waals surface area contributed by atoms with E-state index < -0.39 is 0 Å². The van der Waals surface area contributed by atoms with E-state index in [1.807, 2.05) is 48.5 Å². The molecule has 0 aromatic heterocycles. The van der Waals surface area contributed by atoms with Crippen molar-refractivity contribution in [3.05, 3.63) is 89.5 Å². The Morgan fingerprint density at radius 3 is 2.14 bits per heavy atom. The van der Waals surface area contributed by atoms with Gasteiger partial charge in [0.1, 0.15) is 11.6 Å². The summed E-state index contributed by atoms with van der Waals surface area (Å²) >= 11 is 0. The summed E-state index contributed by atoms with van der Waals surface area (Å²) in [5.74, 6) is 12.4. The third-order valence-electron chi connectivity index (χ3n) is 3.69. The van der Waals surface area contributed by atoms with E-state index in [4.69, 9.17) is 27.5 Å². The van der Waals surface area contributed by atoms with Crippen LogP contribution in [0.15, 0.2) is 72.8 Å². The fraction of sp³-hybridized carbons (Fsp3) is 0.0455. The highest BCUT2D eigenvalue weighted by Crippen LogP contribution is 2.11. The number of amidine groups is 1. The summed E-state index contributed by atoms with van der Waals surface area (Å²) < 4.78 is 5.09. The molecule has 3 rings (SSSR count). The number of nitrogens with two attached hydrogens (primary N) is 3. The van der Waals surface area contributed by atoms with E-state index in [9.17, 15) is 0 Å². The minimum atomic E-state index is 0.0694. The van der Waals surface area contributed by atoms with E-state index in [1.54, 1.807) is 31.4 Å². The largest absolute Gasteiger partial charge is 0.497 e. The average molecular weight is 373 g/mol. The van der Waals surface area contributed by atoms with E-state index in [2.05, 4.69) is 17.3 Å². The molecule has 0 fully saturated rings. The summed E-state index contributed by atoms with van der Waals surface area (Å²) in [6.45, 7) is 0. The zero-order valence-electron chi connectivity index (χ0n) is 15.6.